The number of halogens is 1. The molecule has 5 rings (SSSR count). The van der Waals surface area contributed by atoms with Gasteiger partial charge in [0.1, 0.15) is 17.7 Å². The molecular formula is C19H15FN8OS. The van der Waals surface area contributed by atoms with Gasteiger partial charge in [-0.05, 0) is 40.3 Å². The second-order valence-electron chi connectivity index (χ2n) is 6.66. The van der Waals surface area contributed by atoms with Crippen LogP contribution < -0.4 is 5.32 Å². The lowest BCUT2D eigenvalue weighted by atomic mass is 10.1. The first-order valence-corrected chi connectivity index (χ1v) is 10.1. The minimum atomic E-state index is -0.428. The van der Waals surface area contributed by atoms with Crippen molar-refractivity contribution in [3.05, 3.63) is 77.4 Å². The van der Waals surface area contributed by atoms with E-state index in [9.17, 15) is 9.18 Å². The van der Waals surface area contributed by atoms with Crippen LogP contribution in [0.15, 0.2) is 53.4 Å². The first-order chi connectivity index (χ1) is 14.7. The number of aromatic nitrogens is 7. The number of amides is 1. The molecule has 0 spiro atoms. The van der Waals surface area contributed by atoms with Crippen LogP contribution in [0.4, 0.5) is 4.39 Å². The highest BCUT2D eigenvalue weighted by Crippen LogP contribution is 2.33. The molecule has 0 saturated carbocycles. The van der Waals surface area contributed by atoms with Crippen molar-refractivity contribution < 1.29 is 9.18 Å². The van der Waals surface area contributed by atoms with Gasteiger partial charge in [-0.25, -0.2) is 9.37 Å². The number of thioether (sulfide) groups is 1. The van der Waals surface area contributed by atoms with Crippen LogP contribution in [0.3, 0.4) is 0 Å². The number of carbonyl (C=O) groups is 1. The van der Waals surface area contributed by atoms with Crippen molar-refractivity contribution in [2.24, 2.45) is 0 Å². The first-order valence-electron chi connectivity index (χ1n) is 9.14. The summed E-state index contributed by atoms with van der Waals surface area (Å²) in [6.07, 6.45) is 0.410. The lowest BCUT2D eigenvalue weighted by Gasteiger charge is -2.13. The van der Waals surface area contributed by atoms with Crippen LogP contribution >= 0.6 is 11.8 Å². The van der Waals surface area contributed by atoms with Crippen molar-refractivity contribution in [1.29, 1.82) is 0 Å². The van der Waals surface area contributed by atoms with Crippen molar-refractivity contribution in [2.75, 3.05) is 5.75 Å². The van der Waals surface area contributed by atoms with E-state index in [0.717, 1.165) is 16.1 Å². The second-order valence-corrected chi connectivity index (χ2v) is 7.72. The molecule has 0 saturated heterocycles. The molecule has 150 valence electrons. The van der Waals surface area contributed by atoms with E-state index in [2.05, 4.69) is 36.0 Å². The lowest BCUT2D eigenvalue weighted by molar-refractivity contribution is 0.0928. The number of hydrogen-bond donors (Lipinski definition) is 2. The molecule has 0 unspecified atom stereocenters. The van der Waals surface area contributed by atoms with Crippen molar-refractivity contribution in [2.45, 2.75) is 17.4 Å². The molecule has 0 radical (unpaired) electrons. The van der Waals surface area contributed by atoms with E-state index in [1.807, 2.05) is 24.3 Å². The molecule has 3 heterocycles. The summed E-state index contributed by atoms with van der Waals surface area (Å²) >= 11 is 1.60. The zero-order valence-electron chi connectivity index (χ0n) is 15.5. The molecule has 11 heteroatoms. The number of fused-ring (bicyclic) bond motifs is 3. The minimum absolute atomic E-state index is 0.0258. The van der Waals surface area contributed by atoms with E-state index in [-0.39, 0.29) is 11.6 Å². The highest BCUT2D eigenvalue weighted by Gasteiger charge is 2.28. The van der Waals surface area contributed by atoms with Gasteiger partial charge < -0.3 is 5.32 Å². The van der Waals surface area contributed by atoms with Crippen LogP contribution in [-0.4, -0.2) is 47.0 Å². The molecule has 2 aromatic carbocycles. The molecule has 0 aliphatic carbocycles. The summed E-state index contributed by atoms with van der Waals surface area (Å²) in [4.78, 5) is 18.0. The average Bonchev–Trinajstić information content (AvgIpc) is 3.40. The van der Waals surface area contributed by atoms with Gasteiger partial charge >= 0.3 is 0 Å². The number of H-pyrrole nitrogens is 1. The summed E-state index contributed by atoms with van der Waals surface area (Å²) in [5.74, 6) is 0.917. The van der Waals surface area contributed by atoms with Gasteiger partial charge in [-0.3, -0.25) is 9.89 Å². The molecule has 9 nitrogen and oxygen atoms in total. The lowest BCUT2D eigenvalue weighted by Crippen LogP contribution is -2.32. The predicted molar refractivity (Wildman–Crippen MR) is 106 cm³/mol. The van der Waals surface area contributed by atoms with Gasteiger partial charge in [-0.15, -0.1) is 22.0 Å². The summed E-state index contributed by atoms with van der Waals surface area (Å²) in [6.45, 7) is 0. The van der Waals surface area contributed by atoms with Crippen LogP contribution in [0.5, 0.6) is 0 Å². The maximum absolute atomic E-state index is 13.0. The monoisotopic (exact) mass is 422 g/mol. The van der Waals surface area contributed by atoms with Gasteiger partial charge in [-0.2, -0.15) is 4.68 Å². The largest absolute Gasteiger partial charge is 0.338 e. The molecule has 30 heavy (non-hydrogen) atoms. The Balaban J connectivity index is 1.33. The minimum Gasteiger partial charge on any atom is -0.338 e. The maximum atomic E-state index is 13.0. The molecule has 1 atom stereocenters. The van der Waals surface area contributed by atoms with Gasteiger partial charge in [0.05, 0.1) is 5.69 Å². The van der Waals surface area contributed by atoms with E-state index in [4.69, 9.17) is 0 Å². The number of nitrogens with zero attached hydrogens (tertiary/aromatic N) is 6. The Morgan fingerprint density at radius 1 is 1.23 bits per heavy atom. The molecule has 2 N–H and O–H groups in total. The van der Waals surface area contributed by atoms with Crippen molar-refractivity contribution in [1.82, 2.24) is 40.7 Å². The molecule has 1 aliphatic rings. The Morgan fingerprint density at radius 3 is 2.93 bits per heavy atom. The Labute approximate surface area is 174 Å². The van der Waals surface area contributed by atoms with Gasteiger partial charge in [0.25, 0.3) is 5.91 Å². The van der Waals surface area contributed by atoms with Crippen LogP contribution in [0.1, 0.15) is 33.9 Å². The fourth-order valence-electron chi connectivity index (χ4n) is 3.19. The highest BCUT2D eigenvalue weighted by molar-refractivity contribution is 7.99. The van der Waals surface area contributed by atoms with Crippen molar-refractivity contribution in [3.8, 4) is 5.69 Å². The van der Waals surface area contributed by atoms with E-state index < -0.39 is 11.9 Å². The number of nitrogens with one attached hydrogen (secondary N) is 2. The highest BCUT2D eigenvalue weighted by atomic mass is 32.2. The number of rotatable bonds is 4. The first kappa shape index (κ1) is 18.4. The summed E-state index contributed by atoms with van der Waals surface area (Å²) in [5, 5.41) is 21.6. The summed E-state index contributed by atoms with van der Waals surface area (Å²) < 4.78 is 14.7. The Morgan fingerprint density at radius 2 is 2.07 bits per heavy atom. The fourth-order valence-corrected chi connectivity index (χ4v) is 4.24. The van der Waals surface area contributed by atoms with E-state index in [1.54, 1.807) is 28.6 Å². The summed E-state index contributed by atoms with van der Waals surface area (Å²) in [5.41, 5.74) is 1.73. The fraction of sp³-hybridized carbons (Fsp3) is 0.158. The Hall–Kier alpha value is -3.60. The third kappa shape index (κ3) is 3.54. The van der Waals surface area contributed by atoms with Gasteiger partial charge in [0, 0.05) is 17.1 Å². The molecule has 2 aromatic heterocycles. The average molecular weight is 422 g/mol. The number of tetrazole rings is 1. The standard InChI is InChI=1S/C19H15FN8OS/c20-12-7-5-11(6-8-12)9-16-22-17(24-23-16)19(29)21-13-10-30-15-4-2-1-3-14(15)28-18(13)25-26-27-28/h1-8,13H,9-10H2,(H,21,29)(H,22,23,24)/t13-/m0/s1. The van der Waals surface area contributed by atoms with Crippen molar-refractivity contribution in [3.63, 3.8) is 0 Å². The molecule has 4 aromatic rings. The third-order valence-corrected chi connectivity index (χ3v) is 5.79. The topological polar surface area (TPSA) is 114 Å². The molecule has 0 fully saturated rings. The smallest absolute Gasteiger partial charge is 0.291 e. The van der Waals surface area contributed by atoms with E-state index in [0.29, 0.717) is 23.8 Å². The zero-order chi connectivity index (χ0) is 20.5. The summed E-state index contributed by atoms with van der Waals surface area (Å²) in [6, 6.07) is 13.5. The number of benzene rings is 2. The number of hydrogen-bond acceptors (Lipinski definition) is 7. The van der Waals surface area contributed by atoms with Crippen LogP contribution in [0, 0.1) is 5.82 Å². The van der Waals surface area contributed by atoms with E-state index in [1.165, 1.54) is 12.1 Å². The summed E-state index contributed by atoms with van der Waals surface area (Å²) in [7, 11) is 0. The van der Waals surface area contributed by atoms with Crippen LogP contribution in [-0.2, 0) is 6.42 Å². The predicted octanol–water partition coefficient (Wildman–Crippen LogP) is 2.09. The number of carbonyl (C=O) groups excluding carboxylic acids is 1. The van der Waals surface area contributed by atoms with E-state index >= 15 is 0 Å². The van der Waals surface area contributed by atoms with Gasteiger partial charge in [0.15, 0.2) is 5.82 Å². The SMILES string of the molecule is O=C(N[C@H]1CSc2ccccc2-n2nnnc21)c1n[nH]c(Cc2ccc(F)cc2)n1. The zero-order valence-corrected chi connectivity index (χ0v) is 16.3. The number of para-hydroxylation sites is 1. The number of aromatic amines is 1. The third-order valence-electron chi connectivity index (χ3n) is 4.63. The molecule has 0 bridgehead atoms. The quantitative estimate of drug-likeness (QED) is 0.518. The normalized spacial score (nSPS) is 15.2. The van der Waals surface area contributed by atoms with Gasteiger partial charge in [-0.1, -0.05) is 24.3 Å². The Kier molecular flexibility index (Phi) is 4.71. The van der Waals surface area contributed by atoms with Crippen molar-refractivity contribution >= 4 is 17.7 Å². The second kappa shape index (κ2) is 7.67. The molecular weight excluding hydrogens is 407 g/mol. The Bertz CT molecular complexity index is 1210. The van der Waals surface area contributed by atoms with Gasteiger partial charge in [0.2, 0.25) is 5.82 Å². The van der Waals surface area contributed by atoms with Crippen LogP contribution in [0.25, 0.3) is 5.69 Å². The molecule has 1 aliphatic heterocycles. The molecule has 1 amide bonds. The maximum Gasteiger partial charge on any atom is 0.291 e. The van der Waals surface area contributed by atoms with Crippen LogP contribution in [0.2, 0.25) is 0 Å².